The summed E-state index contributed by atoms with van der Waals surface area (Å²) in [6, 6.07) is 19.6. The van der Waals surface area contributed by atoms with Crippen LogP contribution in [-0.4, -0.2) is 35.2 Å². The minimum Gasteiger partial charge on any atom is -0.371 e. The zero-order valence-electron chi connectivity index (χ0n) is 16.7. The van der Waals surface area contributed by atoms with Gasteiger partial charge >= 0.3 is 0 Å². The van der Waals surface area contributed by atoms with Crippen molar-refractivity contribution in [2.24, 2.45) is 0 Å². The summed E-state index contributed by atoms with van der Waals surface area (Å²) in [5, 5.41) is 13.3. The zero-order chi connectivity index (χ0) is 19.9. The van der Waals surface area contributed by atoms with Gasteiger partial charge in [0.1, 0.15) is 0 Å². The molecule has 0 saturated carbocycles. The van der Waals surface area contributed by atoms with Crippen LogP contribution in [0, 0.1) is 11.3 Å². The highest BCUT2D eigenvalue weighted by atomic mass is 15.1. The van der Waals surface area contributed by atoms with Crippen LogP contribution in [0.2, 0.25) is 0 Å². The Kier molecular flexibility index (Phi) is 6.23. The van der Waals surface area contributed by atoms with Crippen LogP contribution in [0.3, 0.4) is 0 Å². The van der Waals surface area contributed by atoms with Crippen LogP contribution >= 0.6 is 0 Å². The molecule has 1 aliphatic heterocycles. The topological polar surface area (TPSA) is 56.9 Å². The van der Waals surface area contributed by atoms with Crippen molar-refractivity contribution in [3.05, 3.63) is 83.9 Å². The number of hydrogen-bond donors (Lipinski definition) is 1. The maximum absolute atomic E-state index is 9.52. The van der Waals surface area contributed by atoms with Gasteiger partial charge < -0.3 is 14.8 Å². The second-order valence-electron chi connectivity index (χ2n) is 7.59. The van der Waals surface area contributed by atoms with E-state index in [1.165, 1.54) is 11.3 Å². The minimum absolute atomic E-state index is 0.561. The number of aromatic nitrogens is 2. The summed E-state index contributed by atoms with van der Waals surface area (Å²) in [6.07, 6.45) is 8.77. The number of nitriles is 1. The summed E-state index contributed by atoms with van der Waals surface area (Å²) in [6.45, 7) is 3.81. The normalized spacial score (nSPS) is 14.7. The molecule has 0 unspecified atom stereocenters. The molecule has 5 heteroatoms. The number of nitrogens with one attached hydrogen (secondary N) is 1. The van der Waals surface area contributed by atoms with E-state index in [2.05, 4.69) is 57.7 Å². The number of imidazole rings is 1. The van der Waals surface area contributed by atoms with Gasteiger partial charge in [0.2, 0.25) is 0 Å². The molecular weight excluding hydrogens is 358 g/mol. The first-order chi connectivity index (χ1) is 14.3. The molecular formula is C24H27N5. The third-order valence-corrected chi connectivity index (χ3v) is 5.74. The molecule has 0 bridgehead atoms. The molecule has 2 aromatic carbocycles. The molecule has 0 amide bonds. The monoisotopic (exact) mass is 385 g/mol. The van der Waals surface area contributed by atoms with Gasteiger partial charge in [0.05, 0.1) is 24.5 Å². The quantitative estimate of drug-likeness (QED) is 0.675. The van der Waals surface area contributed by atoms with Crippen molar-refractivity contribution < 1.29 is 0 Å². The Labute approximate surface area is 172 Å². The first-order valence-electron chi connectivity index (χ1n) is 10.3. The predicted molar refractivity (Wildman–Crippen MR) is 116 cm³/mol. The van der Waals surface area contributed by atoms with Gasteiger partial charge in [0.25, 0.3) is 0 Å². The standard InChI is InChI=1S/C24H27N5/c25-17-21-6-4-5-20(24(21)18-28-16-13-26-19-28)9-12-27-22-10-14-29(15-11-22)23-7-2-1-3-8-23/h1-8,13,16,19,22,27H,9-12,14-15,18H2. The predicted octanol–water partition coefficient (Wildman–Crippen LogP) is 3.60. The molecule has 1 aliphatic rings. The van der Waals surface area contributed by atoms with Gasteiger partial charge in [-0.2, -0.15) is 5.26 Å². The highest BCUT2D eigenvalue weighted by Gasteiger charge is 2.19. The van der Waals surface area contributed by atoms with E-state index in [1.807, 2.05) is 22.9 Å². The summed E-state index contributed by atoms with van der Waals surface area (Å²) in [4.78, 5) is 6.59. The molecule has 1 fully saturated rings. The lowest BCUT2D eigenvalue weighted by molar-refractivity contribution is 0.417. The molecule has 1 N–H and O–H groups in total. The van der Waals surface area contributed by atoms with Gasteiger partial charge in [-0.25, -0.2) is 4.98 Å². The Hall–Kier alpha value is -3.10. The van der Waals surface area contributed by atoms with E-state index < -0.39 is 0 Å². The molecule has 1 saturated heterocycles. The van der Waals surface area contributed by atoms with Crippen LogP contribution in [-0.2, 0) is 13.0 Å². The number of piperidine rings is 1. The van der Waals surface area contributed by atoms with E-state index in [4.69, 9.17) is 0 Å². The van der Waals surface area contributed by atoms with Crippen molar-refractivity contribution in [3.63, 3.8) is 0 Å². The Morgan fingerprint density at radius 2 is 1.90 bits per heavy atom. The summed E-state index contributed by atoms with van der Waals surface area (Å²) in [5.74, 6) is 0. The van der Waals surface area contributed by atoms with E-state index in [1.54, 1.807) is 12.5 Å². The summed E-state index contributed by atoms with van der Waals surface area (Å²) in [5.41, 5.74) is 4.43. The van der Waals surface area contributed by atoms with Gasteiger partial charge in [0.15, 0.2) is 0 Å². The van der Waals surface area contributed by atoms with Crippen molar-refractivity contribution in [2.75, 3.05) is 24.5 Å². The van der Waals surface area contributed by atoms with Crippen LogP contribution in [0.5, 0.6) is 0 Å². The molecule has 1 aromatic heterocycles. The molecule has 2 heterocycles. The zero-order valence-corrected chi connectivity index (χ0v) is 16.7. The van der Waals surface area contributed by atoms with Crippen molar-refractivity contribution in [1.82, 2.24) is 14.9 Å². The van der Waals surface area contributed by atoms with Crippen molar-refractivity contribution in [2.45, 2.75) is 31.8 Å². The summed E-state index contributed by atoms with van der Waals surface area (Å²) in [7, 11) is 0. The Morgan fingerprint density at radius 1 is 1.07 bits per heavy atom. The second-order valence-corrected chi connectivity index (χ2v) is 7.59. The number of benzene rings is 2. The average molecular weight is 386 g/mol. The third kappa shape index (κ3) is 4.85. The maximum Gasteiger partial charge on any atom is 0.0995 e. The van der Waals surface area contributed by atoms with E-state index in [9.17, 15) is 5.26 Å². The fourth-order valence-electron chi connectivity index (χ4n) is 4.11. The Bertz CT molecular complexity index is 935. The van der Waals surface area contributed by atoms with Gasteiger partial charge in [-0.3, -0.25) is 0 Å². The maximum atomic E-state index is 9.52. The van der Waals surface area contributed by atoms with Crippen LogP contribution in [0.15, 0.2) is 67.3 Å². The summed E-state index contributed by atoms with van der Waals surface area (Å²) >= 11 is 0. The molecule has 0 aliphatic carbocycles. The van der Waals surface area contributed by atoms with Crippen molar-refractivity contribution >= 4 is 5.69 Å². The van der Waals surface area contributed by atoms with E-state index in [0.29, 0.717) is 12.6 Å². The van der Waals surface area contributed by atoms with E-state index >= 15 is 0 Å². The van der Waals surface area contributed by atoms with Crippen LogP contribution < -0.4 is 10.2 Å². The fourth-order valence-corrected chi connectivity index (χ4v) is 4.11. The first-order valence-corrected chi connectivity index (χ1v) is 10.3. The molecule has 148 valence electrons. The number of rotatable bonds is 7. The molecule has 4 rings (SSSR count). The van der Waals surface area contributed by atoms with Gasteiger partial charge in [0, 0.05) is 37.2 Å². The highest BCUT2D eigenvalue weighted by molar-refractivity contribution is 5.46. The minimum atomic E-state index is 0.561. The smallest absolute Gasteiger partial charge is 0.0995 e. The molecule has 29 heavy (non-hydrogen) atoms. The van der Waals surface area contributed by atoms with Gasteiger partial charge in [-0.05, 0) is 55.1 Å². The van der Waals surface area contributed by atoms with E-state index in [0.717, 1.165) is 50.0 Å². The number of hydrogen-bond acceptors (Lipinski definition) is 4. The lowest BCUT2D eigenvalue weighted by Gasteiger charge is -2.34. The first kappa shape index (κ1) is 19.2. The van der Waals surface area contributed by atoms with Crippen LogP contribution in [0.4, 0.5) is 5.69 Å². The largest absolute Gasteiger partial charge is 0.371 e. The van der Waals surface area contributed by atoms with Gasteiger partial charge in [-0.1, -0.05) is 30.3 Å². The molecule has 0 atom stereocenters. The van der Waals surface area contributed by atoms with Crippen LogP contribution in [0.1, 0.15) is 29.5 Å². The lowest BCUT2D eigenvalue weighted by atomic mass is 9.98. The Balaban J connectivity index is 1.31. The number of anilines is 1. The van der Waals surface area contributed by atoms with E-state index in [-0.39, 0.29) is 0 Å². The molecule has 3 aromatic rings. The Morgan fingerprint density at radius 3 is 2.62 bits per heavy atom. The van der Waals surface area contributed by atoms with Crippen LogP contribution in [0.25, 0.3) is 0 Å². The molecule has 0 radical (unpaired) electrons. The fraction of sp³-hybridized carbons (Fsp3) is 0.333. The summed E-state index contributed by atoms with van der Waals surface area (Å²) < 4.78 is 2.02. The third-order valence-electron chi connectivity index (χ3n) is 5.74. The van der Waals surface area contributed by atoms with Crippen molar-refractivity contribution in [1.29, 1.82) is 5.26 Å². The van der Waals surface area contributed by atoms with Gasteiger partial charge in [-0.15, -0.1) is 0 Å². The van der Waals surface area contributed by atoms with Crippen molar-refractivity contribution in [3.8, 4) is 6.07 Å². The highest BCUT2D eigenvalue weighted by Crippen LogP contribution is 2.20. The SMILES string of the molecule is N#Cc1cccc(CCNC2CCN(c3ccccc3)CC2)c1Cn1ccnc1. The average Bonchev–Trinajstić information content (AvgIpc) is 3.29. The number of nitrogens with zero attached hydrogens (tertiary/aromatic N) is 4. The lowest BCUT2D eigenvalue weighted by Crippen LogP contribution is -2.43. The molecule has 5 nitrogen and oxygen atoms in total. The number of para-hydroxylation sites is 1. The molecule has 0 spiro atoms. The second kappa shape index (κ2) is 9.40.